The molecule has 0 amide bonds. The molecule has 2 rings (SSSR count). The van der Waals surface area contributed by atoms with Gasteiger partial charge < -0.3 is 26.7 Å². The Morgan fingerprint density at radius 2 is 1.39 bits per heavy atom. The molecular weight excluding hydrogens is 230 g/mol. The molecule has 18 heavy (non-hydrogen) atoms. The van der Waals surface area contributed by atoms with Crippen molar-refractivity contribution >= 4 is 17.1 Å². The van der Waals surface area contributed by atoms with Gasteiger partial charge in [-0.25, -0.2) is 0 Å². The van der Waals surface area contributed by atoms with Gasteiger partial charge in [0.15, 0.2) is 17.2 Å². The number of rotatable bonds is 3. The van der Waals surface area contributed by atoms with Crippen LogP contribution < -0.4 is 26.7 Å². The van der Waals surface area contributed by atoms with Crippen molar-refractivity contribution in [3.63, 3.8) is 0 Å². The number of hydrogen-bond acceptors (Lipinski definition) is 5. The SMILES string of the molecule is COc1ccc(N)cc1Oc1ccc(N)cc1N. The third-order valence-corrected chi connectivity index (χ3v) is 2.44. The number of benzene rings is 2. The van der Waals surface area contributed by atoms with Gasteiger partial charge in [0.25, 0.3) is 0 Å². The van der Waals surface area contributed by atoms with Gasteiger partial charge >= 0.3 is 0 Å². The molecule has 0 saturated heterocycles. The average molecular weight is 245 g/mol. The smallest absolute Gasteiger partial charge is 0.171 e. The third kappa shape index (κ3) is 2.40. The van der Waals surface area contributed by atoms with Crippen molar-refractivity contribution in [3.05, 3.63) is 36.4 Å². The first-order chi connectivity index (χ1) is 8.60. The zero-order chi connectivity index (χ0) is 13.1. The lowest BCUT2D eigenvalue weighted by Gasteiger charge is -2.12. The Hall–Kier alpha value is -2.56. The molecule has 0 spiro atoms. The van der Waals surface area contributed by atoms with Gasteiger partial charge in [-0.15, -0.1) is 0 Å². The van der Waals surface area contributed by atoms with Gasteiger partial charge in [0.05, 0.1) is 12.8 Å². The molecule has 0 aliphatic heterocycles. The first-order valence-electron chi connectivity index (χ1n) is 5.36. The summed E-state index contributed by atoms with van der Waals surface area (Å²) in [6.07, 6.45) is 0. The van der Waals surface area contributed by atoms with Crippen molar-refractivity contribution in [1.29, 1.82) is 0 Å². The van der Waals surface area contributed by atoms with Gasteiger partial charge in [-0.05, 0) is 30.3 Å². The quantitative estimate of drug-likeness (QED) is 0.720. The van der Waals surface area contributed by atoms with Gasteiger partial charge in [-0.1, -0.05) is 0 Å². The summed E-state index contributed by atoms with van der Waals surface area (Å²) in [5, 5.41) is 0. The van der Waals surface area contributed by atoms with Crippen LogP contribution in [0.15, 0.2) is 36.4 Å². The van der Waals surface area contributed by atoms with Crippen LogP contribution in [0.4, 0.5) is 17.1 Å². The number of nitrogen functional groups attached to an aromatic ring is 3. The van der Waals surface area contributed by atoms with E-state index in [1.807, 2.05) is 0 Å². The largest absolute Gasteiger partial charge is 0.493 e. The second-order valence-electron chi connectivity index (χ2n) is 3.81. The molecule has 0 radical (unpaired) electrons. The van der Waals surface area contributed by atoms with Crippen LogP contribution in [-0.4, -0.2) is 7.11 Å². The van der Waals surface area contributed by atoms with Crippen LogP contribution in [0.5, 0.6) is 17.2 Å². The molecule has 0 aromatic heterocycles. The predicted molar refractivity (Wildman–Crippen MR) is 72.7 cm³/mol. The maximum absolute atomic E-state index is 5.82. The van der Waals surface area contributed by atoms with Crippen molar-refractivity contribution in [2.24, 2.45) is 0 Å². The highest BCUT2D eigenvalue weighted by atomic mass is 16.5. The second-order valence-corrected chi connectivity index (χ2v) is 3.81. The summed E-state index contributed by atoms with van der Waals surface area (Å²) in [5.74, 6) is 1.60. The van der Waals surface area contributed by atoms with Gasteiger partial charge in [-0.2, -0.15) is 0 Å². The van der Waals surface area contributed by atoms with Crippen molar-refractivity contribution in [2.75, 3.05) is 24.3 Å². The number of hydrogen-bond donors (Lipinski definition) is 3. The number of ether oxygens (including phenoxy) is 2. The summed E-state index contributed by atoms with van der Waals surface area (Å²) in [4.78, 5) is 0. The lowest BCUT2D eigenvalue weighted by molar-refractivity contribution is 0.379. The maximum Gasteiger partial charge on any atom is 0.171 e. The third-order valence-electron chi connectivity index (χ3n) is 2.44. The van der Waals surface area contributed by atoms with E-state index >= 15 is 0 Å². The summed E-state index contributed by atoms with van der Waals surface area (Å²) >= 11 is 0. The number of methoxy groups -OCH3 is 1. The van der Waals surface area contributed by atoms with E-state index in [2.05, 4.69) is 0 Å². The summed E-state index contributed by atoms with van der Waals surface area (Å²) in [6.45, 7) is 0. The minimum Gasteiger partial charge on any atom is -0.493 e. The van der Waals surface area contributed by atoms with Crippen LogP contribution in [0.25, 0.3) is 0 Å². The standard InChI is InChI=1S/C13H15N3O2/c1-17-12-5-3-9(15)7-13(12)18-11-4-2-8(14)6-10(11)16/h2-7H,14-16H2,1H3. The first-order valence-corrected chi connectivity index (χ1v) is 5.36. The van der Waals surface area contributed by atoms with Gasteiger partial charge in [0, 0.05) is 17.4 Å². The predicted octanol–water partition coefficient (Wildman–Crippen LogP) is 2.23. The van der Waals surface area contributed by atoms with Gasteiger partial charge in [0.2, 0.25) is 0 Å². The van der Waals surface area contributed by atoms with E-state index in [-0.39, 0.29) is 0 Å². The topological polar surface area (TPSA) is 96.5 Å². The molecule has 0 fully saturated rings. The van der Waals surface area contributed by atoms with Crippen molar-refractivity contribution in [2.45, 2.75) is 0 Å². The van der Waals surface area contributed by atoms with E-state index < -0.39 is 0 Å². The molecule has 0 saturated carbocycles. The lowest BCUT2D eigenvalue weighted by Crippen LogP contribution is -1.96. The van der Waals surface area contributed by atoms with Crippen LogP contribution in [-0.2, 0) is 0 Å². The Labute approximate surface area is 105 Å². The Morgan fingerprint density at radius 1 is 0.778 bits per heavy atom. The fraction of sp³-hybridized carbons (Fsp3) is 0.0769. The molecule has 0 bridgehead atoms. The van der Waals surface area contributed by atoms with Crippen LogP contribution in [0.3, 0.4) is 0 Å². The normalized spacial score (nSPS) is 10.1. The fourth-order valence-corrected chi connectivity index (χ4v) is 1.55. The maximum atomic E-state index is 5.82. The molecule has 0 aliphatic carbocycles. The Bertz CT molecular complexity index is 570. The molecule has 2 aromatic carbocycles. The van der Waals surface area contributed by atoms with Crippen LogP contribution in [0.2, 0.25) is 0 Å². The highest BCUT2D eigenvalue weighted by Gasteiger charge is 2.08. The summed E-state index contributed by atoms with van der Waals surface area (Å²) in [7, 11) is 1.56. The molecule has 5 heteroatoms. The van der Waals surface area contributed by atoms with Crippen LogP contribution in [0, 0.1) is 0 Å². The minimum atomic E-state index is 0.458. The van der Waals surface area contributed by atoms with Crippen molar-refractivity contribution < 1.29 is 9.47 Å². The van der Waals surface area contributed by atoms with E-state index in [4.69, 9.17) is 26.7 Å². The monoisotopic (exact) mass is 245 g/mol. The molecule has 0 heterocycles. The van der Waals surface area contributed by atoms with Gasteiger partial charge in [-0.3, -0.25) is 0 Å². The molecule has 0 aliphatic rings. The lowest BCUT2D eigenvalue weighted by atomic mass is 10.2. The summed E-state index contributed by atoms with van der Waals surface area (Å²) in [5.41, 5.74) is 18.8. The first kappa shape index (κ1) is 11.9. The van der Waals surface area contributed by atoms with Crippen molar-refractivity contribution in [3.8, 4) is 17.2 Å². The zero-order valence-corrected chi connectivity index (χ0v) is 10.0. The minimum absolute atomic E-state index is 0.458. The Balaban J connectivity index is 2.36. The zero-order valence-electron chi connectivity index (χ0n) is 10.0. The summed E-state index contributed by atoms with van der Waals surface area (Å²) in [6, 6.07) is 10.2. The number of anilines is 3. The molecule has 6 N–H and O–H groups in total. The second kappa shape index (κ2) is 4.75. The van der Waals surface area contributed by atoms with Crippen LogP contribution >= 0.6 is 0 Å². The molecule has 0 atom stereocenters. The molecule has 2 aromatic rings. The Kier molecular flexibility index (Phi) is 3.14. The molecular formula is C13H15N3O2. The highest BCUT2D eigenvalue weighted by Crippen LogP contribution is 2.35. The van der Waals surface area contributed by atoms with Crippen LogP contribution in [0.1, 0.15) is 0 Å². The highest BCUT2D eigenvalue weighted by molar-refractivity contribution is 5.62. The van der Waals surface area contributed by atoms with E-state index in [1.165, 1.54) is 0 Å². The van der Waals surface area contributed by atoms with Gasteiger partial charge in [0.1, 0.15) is 0 Å². The molecule has 94 valence electrons. The van der Waals surface area contributed by atoms with E-state index in [0.717, 1.165) is 0 Å². The molecule has 0 unspecified atom stereocenters. The van der Waals surface area contributed by atoms with Crippen molar-refractivity contribution in [1.82, 2.24) is 0 Å². The molecule has 5 nitrogen and oxygen atoms in total. The Morgan fingerprint density at radius 3 is 2.00 bits per heavy atom. The van der Waals surface area contributed by atoms with E-state index in [9.17, 15) is 0 Å². The fourth-order valence-electron chi connectivity index (χ4n) is 1.55. The average Bonchev–Trinajstić information content (AvgIpc) is 2.33. The van der Waals surface area contributed by atoms with E-state index in [1.54, 1.807) is 43.5 Å². The van der Waals surface area contributed by atoms with E-state index in [0.29, 0.717) is 34.3 Å². The summed E-state index contributed by atoms with van der Waals surface area (Å²) < 4.78 is 10.9. The number of nitrogens with two attached hydrogens (primary N) is 3.